The van der Waals surface area contributed by atoms with E-state index in [9.17, 15) is 4.39 Å². The van der Waals surface area contributed by atoms with E-state index < -0.39 is 0 Å². The third-order valence-corrected chi connectivity index (χ3v) is 2.92. The fourth-order valence-corrected chi connectivity index (χ4v) is 1.79. The molecule has 1 aliphatic rings. The molecule has 0 spiro atoms. The largest absolute Gasteiger partial charge is 0.494 e. The third-order valence-electron chi connectivity index (χ3n) is 2.92. The maximum Gasteiger partial charge on any atom is 0.165 e. The molecule has 82 valence electrons. The second-order valence-electron chi connectivity index (χ2n) is 4.03. The summed E-state index contributed by atoms with van der Waals surface area (Å²) in [5.41, 5.74) is 1.06. The van der Waals surface area contributed by atoms with Crippen LogP contribution in [0.15, 0.2) is 18.2 Å². The van der Waals surface area contributed by atoms with Crippen molar-refractivity contribution in [1.82, 2.24) is 5.32 Å². The Kier molecular flexibility index (Phi) is 3.21. The fraction of sp³-hybridized carbons (Fsp3) is 0.500. The SMILES string of the molecule is COc1ccc(CCC2CNC2)cc1F. The van der Waals surface area contributed by atoms with Gasteiger partial charge in [-0.15, -0.1) is 0 Å². The van der Waals surface area contributed by atoms with Crippen molar-refractivity contribution in [3.8, 4) is 5.75 Å². The van der Waals surface area contributed by atoms with Crippen LogP contribution in [0.3, 0.4) is 0 Å². The first-order valence-corrected chi connectivity index (χ1v) is 5.32. The Labute approximate surface area is 89.4 Å². The summed E-state index contributed by atoms with van der Waals surface area (Å²) in [5.74, 6) is 0.834. The first-order valence-electron chi connectivity index (χ1n) is 5.32. The highest BCUT2D eigenvalue weighted by Crippen LogP contribution is 2.20. The molecular formula is C12H16FNO. The number of hydrogen-bond acceptors (Lipinski definition) is 2. The normalized spacial score (nSPS) is 16.1. The molecule has 1 N–H and O–H groups in total. The van der Waals surface area contributed by atoms with Crippen molar-refractivity contribution >= 4 is 0 Å². The van der Waals surface area contributed by atoms with E-state index in [2.05, 4.69) is 5.32 Å². The molecule has 0 radical (unpaired) electrons. The summed E-state index contributed by atoms with van der Waals surface area (Å²) in [6.07, 6.45) is 2.09. The number of ether oxygens (including phenoxy) is 1. The lowest BCUT2D eigenvalue weighted by atomic mass is 9.95. The van der Waals surface area contributed by atoms with Gasteiger partial charge in [0.15, 0.2) is 11.6 Å². The van der Waals surface area contributed by atoms with Crippen molar-refractivity contribution in [2.45, 2.75) is 12.8 Å². The highest BCUT2D eigenvalue weighted by molar-refractivity contribution is 5.29. The Hall–Kier alpha value is -1.09. The van der Waals surface area contributed by atoms with E-state index in [1.807, 2.05) is 6.07 Å². The summed E-state index contributed by atoms with van der Waals surface area (Å²) in [4.78, 5) is 0. The zero-order chi connectivity index (χ0) is 10.7. The number of hydrogen-bond donors (Lipinski definition) is 1. The van der Waals surface area contributed by atoms with Gasteiger partial charge >= 0.3 is 0 Å². The van der Waals surface area contributed by atoms with Crippen LogP contribution < -0.4 is 10.1 Å². The van der Waals surface area contributed by atoms with Gasteiger partial charge in [0.1, 0.15) is 0 Å². The highest BCUT2D eigenvalue weighted by atomic mass is 19.1. The Bertz CT molecular complexity index is 336. The molecule has 2 rings (SSSR count). The van der Waals surface area contributed by atoms with Crippen molar-refractivity contribution in [2.75, 3.05) is 20.2 Å². The summed E-state index contributed by atoms with van der Waals surface area (Å²) < 4.78 is 18.2. The zero-order valence-corrected chi connectivity index (χ0v) is 8.92. The highest BCUT2D eigenvalue weighted by Gasteiger charge is 2.16. The summed E-state index contributed by atoms with van der Waals surface area (Å²) in [7, 11) is 1.48. The summed E-state index contributed by atoms with van der Waals surface area (Å²) in [5, 5.41) is 3.23. The molecule has 2 nitrogen and oxygen atoms in total. The topological polar surface area (TPSA) is 21.3 Å². The van der Waals surface area contributed by atoms with Crippen LogP contribution in [0.5, 0.6) is 5.75 Å². The molecule has 0 atom stereocenters. The number of nitrogens with one attached hydrogen (secondary N) is 1. The van der Waals surface area contributed by atoms with Crippen molar-refractivity contribution in [1.29, 1.82) is 0 Å². The monoisotopic (exact) mass is 209 g/mol. The van der Waals surface area contributed by atoms with Crippen LogP contribution in [0.2, 0.25) is 0 Å². The molecule has 1 fully saturated rings. The molecular weight excluding hydrogens is 193 g/mol. The maximum atomic E-state index is 13.3. The van der Waals surface area contributed by atoms with Crippen LogP contribution in [0, 0.1) is 11.7 Å². The van der Waals surface area contributed by atoms with Gasteiger partial charge in [0.05, 0.1) is 7.11 Å². The van der Waals surface area contributed by atoms with Gasteiger partial charge in [-0.2, -0.15) is 0 Å². The Balaban J connectivity index is 1.93. The molecule has 0 unspecified atom stereocenters. The first-order chi connectivity index (χ1) is 7.29. The molecule has 1 aliphatic heterocycles. The second-order valence-corrected chi connectivity index (χ2v) is 4.03. The second kappa shape index (κ2) is 4.62. The lowest BCUT2D eigenvalue weighted by molar-refractivity contribution is 0.327. The van der Waals surface area contributed by atoms with E-state index >= 15 is 0 Å². The Morgan fingerprint density at radius 3 is 2.80 bits per heavy atom. The van der Waals surface area contributed by atoms with E-state index in [0.29, 0.717) is 5.75 Å². The van der Waals surface area contributed by atoms with Crippen molar-refractivity contribution in [3.05, 3.63) is 29.6 Å². The van der Waals surface area contributed by atoms with Gasteiger partial charge in [-0.25, -0.2) is 4.39 Å². The van der Waals surface area contributed by atoms with E-state index in [0.717, 1.165) is 37.4 Å². The number of aryl methyl sites for hydroxylation is 1. The van der Waals surface area contributed by atoms with E-state index in [-0.39, 0.29) is 5.82 Å². The van der Waals surface area contributed by atoms with Crippen LogP contribution in [0.1, 0.15) is 12.0 Å². The average Bonchev–Trinajstić information content (AvgIpc) is 2.16. The molecule has 1 aromatic carbocycles. The molecule has 1 aromatic rings. The summed E-state index contributed by atoms with van der Waals surface area (Å²) >= 11 is 0. The van der Waals surface area contributed by atoms with Gasteiger partial charge in [0.25, 0.3) is 0 Å². The molecule has 1 heterocycles. The minimum absolute atomic E-state index is 0.262. The lowest BCUT2D eigenvalue weighted by Gasteiger charge is -2.26. The molecule has 0 aromatic heterocycles. The lowest BCUT2D eigenvalue weighted by Crippen LogP contribution is -2.42. The number of rotatable bonds is 4. The van der Waals surface area contributed by atoms with Gasteiger partial charge in [-0.3, -0.25) is 0 Å². The van der Waals surface area contributed by atoms with Crippen molar-refractivity contribution < 1.29 is 9.13 Å². The number of methoxy groups -OCH3 is 1. The summed E-state index contributed by atoms with van der Waals surface area (Å²) in [6.45, 7) is 2.22. The minimum atomic E-state index is -0.262. The van der Waals surface area contributed by atoms with E-state index in [4.69, 9.17) is 4.74 Å². The van der Waals surface area contributed by atoms with Crippen LogP contribution in [-0.4, -0.2) is 20.2 Å². The van der Waals surface area contributed by atoms with Gasteiger partial charge in [0, 0.05) is 0 Å². The molecule has 0 saturated carbocycles. The number of halogens is 1. The van der Waals surface area contributed by atoms with Crippen LogP contribution in [0.25, 0.3) is 0 Å². The van der Waals surface area contributed by atoms with Gasteiger partial charge in [-0.05, 0) is 49.5 Å². The predicted octanol–water partition coefficient (Wildman–Crippen LogP) is 1.99. The average molecular weight is 209 g/mol. The molecule has 0 bridgehead atoms. The van der Waals surface area contributed by atoms with Gasteiger partial charge in [0.2, 0.25) is 0 Å². The standard InChI is InChI=1S/C12H16FNO/c1-15-12-5-4-9(6-11(12)13)2-3-10-7-14-8-10/h4-6,10,14H,2-3,7-8H2,1H3. The molecule has 1 saturated heterocycles. The van der Waals surface area contributed by atoms with E-state index in [1.165, 1.54) is 7.11 Å². The molecule has 0 amide bonds. The van der Waals surface area contributed by atoms with Gasteiger partial charge < -0.3 is 10.1 Å². The van der Waals surface area contributed by atoms with E-state index in [1.54, 1.807) is 12.1 Å². The summed E-state index contributed by atoms with van der Waals surface area (Å²) in [6, 6.07) is 5.21. The third kappa shape index (κ3) is 2.48. The van der Waals surface area contributed by atoms with Crippen LogP contribution in [-0.2, 0) is 6.42 Å². The first kappa shape index (κ1) is 10.4. The Morgan fingerprint density at radius 1 is 1.47 bits per heavy atom. The zero-order valence-electron chi connectivity index (χ0n) is 8.92. The fourth-order valence-electron chi connectivity index (χ4n) is 1.79. The van der Waals surface area contributed by atoms with Crippen molar-refractivity contribution in [2.24, 2.45) is 5.92 Å². The van der Waals surface area contributed by atoms with Crippen LogP contribution in [0.4, 0.5) is 4.39 Å². The van der Waals surface area contributed by atoms with Gasteiger partial charge in [-0.1, -0.05) is 6.07 Å². The smallest absolute Gasteiger partial charge is 0.165 e. The minimum Gasteiger partial charge on any atom is -0.494 e. The molecule has 3 heteroatoms. The predicted molar refractivity (Wildman–Crippen MR) is 57.6 cm³/mol. The Morgan fingerprint density at radius 2 is 2.27 bits per heavy atom. The van der Waals surface area contributed by atoms with Crippen LogP contribution >= 0.6 is 0 Å². The quantitative estimate of drug-likeness (QED) is 0.818. The number of benzene rings is 1. The van der Waals surface area contributed by atoms with Crippen molar-refractivity contribution in [3.63, 3.8) is 0 Å². The molecule has 15 heavy (non-hydrogen) atoms. The maximum absolute atomic E-state index is 13.3. The molecule has 0 aliphatic carbocycles.